The Labute approximate surface area is 211 Å². The van der Waals surface area contributed by atoms with Crippen LogP contribution in [0.2, 0.25) is 5.02 Å². The van der Waals surface area contributed by atoms with Gasteiger partial charge in [0.25, 0.3) is 0 Å². The molecule has 9 heteroatoms. The molecule has 33 heavy (non-hydrogen) atoms. The van der Waals surface area contributed by atoms with Crippen molar-refractivity contribution in [3.8, 4) is 0 Å². The molecule has 2 aromatic carbocycles. The summed E-state index contributed by atoms with van der Waals surface area (Å²) in [4.78, 5) is 12.6. The Morgan fingerprint density at radius 2 is 1.79 bits per heavy atom. The molecule has 3 atom stereocenters. The number of sulfonamides is 1. The molecule has 0 aliphatic heterocycles. The summed E-state index contributed by atoms with van der Waals surface area (Å²) in [6.07, 6.45) is 1.24. The summed E-state index contributed by atoms with van der Waals surface area (Å²) in [7, 11) is -3.80. The van der Waals surface area contributed by atoms with E-state index in [-0.39, 0.29) is 24.0 Å². The average Bonchev–Trinajstić information content (AvgIpc) is 2.75. The molecular formula is C24H34AsClN2O4S. The number of hydrogen-bond donors (Lipinski definition) is 2. The zero-order valence-electron chi connectivity index (χ0n) is 19.4. The number of aliphatic hydroxyl groups is 1. The fourth-order valence-electron chi connectivity index (χ4n) is 3.90. The average molecular weight is 557 g/mol. The van der Waals surface area contributed by atoms with Crippen molar-refractivity contribution in [1.29, 1.82) is 0 Å². The van der Waals surface area contributed by atoms with Crippen molar-refractivity contribution in [2.45, 2.75) is 56.4 Å². The van der Waals surface area contributed by atoms with E-state index >= 15 is 0 Å². The third-order valence-corrected chi connectivity index (χ3v) is 8.95. The van der Waals surface area contributed by atoms with E-state index in [1.165, 1.54) is 21.2 Å². The number of halogens is 1. The van der Waals surface area contributed by atoms with E-state index in [1.54, 1.807) is 55.5 Å². The second kappa shape index (κ2) is 11.9. The first-order valence-corrected chi connectivity index (χ1v) is 14.0. The van der Waals surface area contributed by atoms with Gasteiger partial charge in [-0.05, 0) is 6.07 Å². The van der Waals surface area contributed by atoms with Gasteiger partial charge < -0.3 is 5.73 Å². The summed E-state index contributed by atoms with van der Waals surface area (Å²) in [6, 6.07) is 13.3. The van der Waals surface area contributed by atoms with Crippen molar-refractivity contribution in [2.24, 2.45) is 11.7 Å². The maximum atomic E-state index is 13.4. The fourth-order valence-corrected chi connectivity index (χ4v) is 6.45. The van der Waals surface area contributed by atoms with Gasteiger partial charge in [0.2, 0.25) is 0 Å². The van der Waals surface area contributed by atoms with Crippen LogP contribution in [0.3, 0.4) is 0 Å². The number of amides is 1. The van der Waals surface area contributed by atoms with Gasteiger partial charge in [0, 0.05) is 5.02 Å². The quantitative estimate of drug-likeness (QED) is 0.392. The van der Waals surface area contributed by atoms with E-state index < -0.39 is 27.4 Å². The molecule has 0 heterocycles. The van der Waals surface area contributed by atoms with Gasteiger partial charge in [0.1, 0.15) is 0 Å². The van der Waals surface area contributed by atoms with E-state index in [0.29, 0.717) is 29.8 Å². The molecular weight excluding hydrogens is 523 g/mol. The van der Waals surface area contributed by atoms with Gasteiger partial charge in [-0.3, -0.25) is 4.79 Å². The third kappa shape index (κ3) is 6.83. The summed E-state index contributed by atoms with van der Waals surface area (Å²) < 4.78 is 29.3. The summed E-state index contributed by atoms with van der Waals surface area (Å²) in [5.41, 5.74) is 5.40. The topological polar surface area (TPSA) is 101 Å². The zero-order valence-corrected chi connectivity index (χ0v) is 23.4. The summed E-state index contributed by atoms with van der Waals surface area (Å²) in [5.74, 6) is -0.425. The second-order valence-electron chi connectivity index (χ2n) is 8.94. The van der Waals surface area contributed by atoms with Gasteiger partial charge in [0.15, 0.2) is 0 Å². The van der Waals surface area contributed by atoms with Crippen LogP contribution in [-0.2, 0) is 20.2 Å². The van der Waals surface area contributed by atoms with E-state index in [1.807, 2.05) is 13.8 Å². The number of nitrogens with zero attached hydrogens (tertiary/aromatic N) is 1. The standard InChI is InChI=1S/C24H34AsClN2O4S/c1-17(2)15-28(33(31,32)20-12-10-18(25)11-13-20)19(16-29)7-6-14-24(3,23(27)30)21-8-4-5-9-22(21)26/h4-5,8-13,17,19,29H,6-7,14-16,25H2,1-3H3,(H2,27,30). The minimum absolute atomic E-state index is 0.0709. The Morgan fingerprint density at radius 1 is 1.18 bits per heavy atom. The Balaban J connectivity index is 2.27. The van der Waals surface area contributed by atoms with E-state index in [2.05, 4.69) is 0 Å². The first-order valence-electron chi connectivity index (χ1n) is 11.0. The molecule has 0 bridgehead atoms. The van der Waals surface area contributed by atoms with Crippen molar-refractivity contribution >= 4 is 48.7 Å². The SMILES string of the molecule is CC(C)CN(C(CO)CCCC(C)(C(N)=O)c1ccccc1Cl)S(=O)(=O)c1ccc([AsH2])cc1. The summed E-state index contributed by atoms with van der Waals surface area (Å²) >= 11 is 7.75. The second-order valence-corrected chi connectivity index (χ2v) is 12.6. The fraction of sp³-hybridized carbons (Fsp3) is 0.458. The number of nitrogens with two attached hydrogens (primary N) is 1. The first-order chi connectivity index (χ1) is 15.4. The van der Waals surface area contributed by atoms with Gasteiger partial charge >= 0.3 is 160 Å². The number of carbonyl (C=O) groups is 1. The number of aliphatic hydroxyl groups excluding tert-OH is 1. The van der Waals surface area contributed by atoms with E-state index in [9.17, 15) is 18.3 Å². The van der Waals surface area contributed by atoms with Gasteiger partial charge in [-0.1, -0.05) is 29.8 Å². The Kier molecular flexibility index (Phi) is 10.0. The van der Waals surface area contributed by atoms with Crippen molar-refractivity contribution in [1.82, 2.24) is 4.31 Å². The number of primary amides is 1. The molecule has 0 radical (unpaired) electrons. The first kappa shape index (κ1) is 27.9. The molecule has 3 N–H and O–H groups in total. The zero-order chi connectivity index (χ0) is 24.8. The monoisotopic (exact) mass is 556 g/mol. The van der Waals surface area contributed by atoms with Gasteiger partial charge in [-0.25, -0.2) is 0 Å². The van der Waals surface area contributed by atoms with Crippen LogP contribution in [0, 0.1) is 5.92 Å². The molecule has 0 fully saturated rings. The number of benzene rings is 2. The van der Waals surface area contributed by atoms with Crippen molar-refractivity contribution in [2.75, 3.05) is 13.2 Å². The molecule has 2 aromatic rings. The third-order valence-electron chi connectivity index (χ3n) is 5.88. The maximum absolute atomic E-state index is 13.4. The molecule has 0 spiro atoms. The van der Waals surface area contributed by atoms with Gasteiger partial charge in [-0.15, -0.1) is 0 Å². The van der Waals surface area contributed by atoms with Gasteiger partial charge in [-0.2, -0.15) is 0 Å². The summed E-state index contributed by atoms with van der Waals surface area (Å²) in [6.45, 7) is 5.59. The van der Waals surface area contributed by atoms with Crippen LogP contribution in [-0.4, -0.2) is 59.8 Å². The Morgan fingerprint density at radius 3 is 2.30 bits per heavy atom. The molecule has 0 saturated heterocycles. The molecule has 0 aliphatic carbocycles. The van der Waals surface area contributed by atoms with Crippen LogP contribution in [0.25, 0.3) is 0 Å². The molecule has 6 nitrogen and oxygen atoms in total. The summed E-state index contributed by atoms with van der Waals surface area (Å²) in [5, 5.41) is 10.6. The predicted octanol–water partition coefficient (Wildman–Crippen LogP) is 2.22. The molecule has 2 rings (SSSR count). The van der Waals surface area contributed by atoms with Gasteiger partial charge in [0.05, 0.1) is 0 Å². The normalized spacial score (nSPS) is 14.9. The van der Waals surface area contributed by atoms with Crippen LogP contribution in [0.15, 0.2) is 53.4 Å². The molecule has 1 amide bonds. The Bertz CT molecular complexity index is 1050. The predicted molar refractivity (Wildman–Crippen MR) is 136 cm³/mol. The molecule has 0 saturated carbocycles. The number of carbonyl (C=O) groups excluding carboxylic acids is 1. The number of hydrogen-bond acceptors (Lipinski definition) is 4. The van der Waals surface area contributed by atoms with Crippen LogP contribution in [0.1, 0.15) is 45.6 Å². The molecule has 0 aromatic heterocycles. The van der Waals surface area contributed by atoms with E-state index in [0.717, 1.165) is 4.35 Å². The Hall–Kier alpha value is -1.37. The van der Waals surface area contributed by atoms with E-state index in [4.69, 9.17) is 17.3 Å². The number of rotatable bonds is 12. The van der Waals surface area contributed by atoms with Crippen LogP contribution < -0.4 is 10.1 Å². The van der Waals surface area contributed by atoms with Crippen LogP contribution in [0.5, 0.6) is 0 Å². The molecule has 3 unspecified atom stereocenters. The van der Waals surface area contributed by atoms with Crippen LogP contribution >= 0.6 is 11.6 Å². The van der Waals surface area contributed by atoms with Crippen molar-refractivity contribution in [3.63, 3.8) is 0 Å². The molecule has 0 aliphatic rings. The minimum atomic E-state index is -3.80. The van der Waals surface area contributed by atoms with Crippen molar-refractivity contribution in [3.05, 3.63) is 59.1 Å². The van der Waals surface area contributed by atoms with Crippen LogP contribution in [0.4, 0.5) is 0 Å². The molecule has 182 valence electrons. The van der Waals surface area contributed by atoms with Crippen molar-refractivity contribution < 1.29 is 18.3 Å².